The number of amides is 1. The summed E-state index contributed by atoms with van der Waals surface area (Å²) in [6.45, 7) is 2.81. The molecule has 1 amide bonds. The fourth-order valence-electron chi connectivity index (χ4n) is 2.83. The third kappa shape index (κ3) is 4.82. The average Bonchev–Trinajstić information content (AvgIpc) is 3.20. The first-order valence-corrected chi connectivity index (χ1v) is 8.95. The van der Waals surface area contributed by atoms with Crippen LogP contribution in [-0.4, -0.2) is 47.0 Å². The zero-order valence-corrected chi connectivity index (χ0v) is 15.3. The molecule has 9 nitrogen and oxygen atoms in total. The number of rotatable bonds is 7. The van der Waals surface area contributed by atoms with Crippen molar-refractivity contribution in [3.05, 3.63) is 51.3 Å². The highest BCUT2D eigenvalue weighted by Gasteiger charge is 2.15. The number of nitro benzene ring substituents is 1. The fourth-order valence-corrected chi connectivity index (χ4v) is 3.09. The summed E-state index contributed by atoms with van der Waals surface area (Å²) in [6, 6.07) is 5.64. The molecule has 0 unspecified atom stereocenters. The number of benzene rings is 1. The summed E-state index contributed by atoms with van der Waals surface area (Å²) in [5, 5.41) is 16.6. The highest BCUT2D eigenvalue weighted by molar-refractivity contribution is 6.34. The average molecular weight is 391 g/mol. The van der Waals surface area contributed by atoms with Gasteiger partial charge in [-0.1, -0.05) is 11.6 Å². The van der Waals surface area contributed by atoms with Gasteiger partial charge in [-0.15, -0.1) is 0 Å². The molecule has 142 valence electrons. The molecule has 10 heteroatoms. The van der Waals surface area contributed by atoms with Crippen molar-refractivity contribution in [2.24, 2.45) is 0 Å². The van der Waals surface area contributed by atoms with Crippen LogP contribution in [0.2, 0.25) is 5.02 Å². The van der Waals surface area contributed by atoms with E-state index in [0.717, 1.165) is 25.0 Å². The van der Waals surface area contributed by atoms with Crippen molar-refractivity contribution in [2.45, 2.75) is 12.8 Å². The van der Waals surface area contributed by atoms with Crippen LogP contribution < -0.4 is 15.5 Å². The van der Waals surface area contributed by atoms with Gasteiger partial charge in [-0.2, -0.15) is 0 Å². The van der Waals surface area contributed by atoms with Crippen LogP contribution in [0.3, 0.4) is 0 Å². The van der Waals surface area contributed by atoms with Gasteiger partial charge in [0, 0.05) is 44.4 Å². The van der Waals surface area contributed by atoms with E-state index in [4.69, 9.17) is 11.6 Å². The molecule has 1 aromatic heterocycles. The minimum absolute atomic E-state index is 0.0423. The maximum absolute atomic E-state index is 12.2. The van der Waals surface area contributed by atoms with Crippen LogP contribution in [0.25, 0.3) is 0 Å². The Morgan fingerprint density at radius 1 is 1.22 bits per heavy atom. The molecular weight excluding hydrogens is 372 g/mol. The lowest BCUT2D eigenvalue weighted by molar-refractivity contribution is -0.384. The van der Waals surface area contributed by atoms with Crippen LogP contribution in [0.1, 0.15) is 23.2 Å². The number of nitrogens with zero attached hydrogens (tertiary/aromatic N) is 4. The normalized spacial score (nSPS) is 13.4. The molecule has 27 heavy (non-hydrogen) atoms. The van der Waals surface area contributed by atoms with Crippen molar-refractivity contribution in [1.82, 2.24) is 15.3 Å². The topological polar surface area (TPSA) is 113 Å². The monoisotopic (exact) mass is 390 g/mol. The summed E-state index contributed by atoms with van der Waals surface area (Å²) in [5.74, 6) is 1.19. The molecule has 1 saturated heterocycles. The van der Waals surface area contributed by atoms with Gasteiger partial charge in [0.1, 0.15) is 18.0 Å². The molecule has 0 aliphatic carbocycles. The quantitative estimate of drug-likeness (QED) is 0.424. The number of nitro groups is 1. The smallest absolute Gasteiger partial charge is 0.270 e. The maximum Gasteiger partial charge on any atom is 0.270 e. The molecule has 1 aliphatic heterocycles. The van der Waals surface area contributed by atoms with Gasteiger partial charge in [-0.3, -0.25) is 14.9 Å². The van der Waals surface area contributed by atoms with Crippen molar-refractivity contribution in [3.63, 3.8) is 0 Å². The summed E-state index contributed by atoms with van der Waals surface area (Å²) >= 11 is 5.95. The zero-order valence-electron chi connectivity index (χ0n) is 14.5. The van der Waals surface area contributed by atoms with E-state index < -0.39 is 10.8 Å². The molecule has 0 bridgehead atoms. The van der Waals surface area contributed by atoms with Crippen molar-refractivity contribution < 1.29 is 9.72 Å². The Kier molecular flexibility index (Phi) is 6.02. The standard InChI is InChI=1S/C17H19ClN6O3/c18-14-9-12(24(26)27)3-4-13(14)17(25)20-6-5-19-15-10-16(22-11-21-15)23-7-1-2-8-23/h3-4,9-11H,1-2,5-8H2,(H,20,25)(H,19,21,22). The van der Waals surface area contributed by atoms with E-state index in [2.05, 4.69) is 25.5 Å². The molecule has 3 rings (SSSR count). The first-order valence-electron chi connectivity index (χ1n) is 8.57. The second kappa shape index (κ2) is 8.63. The van der Waals surface area contributed by atoms with E-state index in [1.807, 2.05) is 6.07 Å². The van der Waals surface area contributed by atoms with Crippen LogP contribution in [-0.2, 0) is 0 Å². The Morgan fingerprint density at radius 2 is 2.00 bits per heavy atom. The van der Waals surface area contributed by atoms with Crippen LogP contribution in [0.15, 0.2) is 30.6 Å². The Balaban J connectivity index is 1.49. The van der Waals surface area contributed by atoms with Crippen molar-refractivity contribution in [3.8, 4) is 0 Å². The summed E-state index contributed by atoms with van der Waals surface area (Å²) in [4.78, 5) is 33.0. The molecule has 2 N–H and O–H groups in total. The first-order chi connectivity index (χ1) is 13.0. The first kappa shape index (κ1) is 18.8. The van der Waals surface area contributed by atoms with Crippen LogP contribution >= 0.6 is 11.6 Å². The second-order valence-electron chi connectivity index (χ2n) is 6.06. The lowest BCUT2D eigenvalue weighted by atomic mass is 10.2. The van der Waals surface area contributed by atoms with Gasteiger partial charge in [0.25, 0.3) is 11.6 Å². The number of halogens is 1. The number of anilines is 2. The fraction of sp³-hybridized carbons (Fsp3) is 0.353. The van der Waals surface area contributed by atoms with Crippen molar-refractivity contribution in [2.75, 3.05) is 36.4 Å². The molecule has 1 aromatic carbocycles. The van der Waals surface area contributed by atoms with Gasteiger partial charge >= 0.3 is 0 Å². The summed E-state index contributed by atoms with van der Waals surface area (Å²) in [6.07, 6.45) is 3.86. The molecule has 1 aliphatic rings. The van der Waals surface area contributed by atoms with Crippen molar-refractivity contribution in [1.29, 1.82) is 0 Å². The molecule has 0 spiro atoms. The number of nitrogens with one attached hydrogen (secondary N) is 2. The SMILES string of the molecule is O=C(NCCNc1cc(N2CCCC2)ncn1)c1ccc([N+](=O)[O-])cc1Cl. The van der Waals surface area contributed by atoms with Gasteiger partial charge in [-0.05, 0) is 18.9 Å². The van der Waals surface area contributed by atoms with Gasteiger partial charge in [0.2, 0.25) is 0 Å². The summed E-state index contributed by atoms with van der Waals surface area (Å²) in [7, 11) is 0. The third-order valence-electron chi connectivity index (χ3n) is 4.21. The van der Waals surface area contributed by atoms with E-state index in [-0.39, 0.29) is 16.3 Å². The molecule has 0 atom stereocenters. The van der Waals surface area contributed by atoms with Crippen LogP contribution in [0.5, 0.6) is 0 Å². The number of hydrogen-bond donors (Lipinski definition) is 2. The number of carbonyl (C=O) groups is 1. The second-order valence-corrected chi connectivity index (χ2v) is 6.47. The van der Waals surface area contributed by atoms with Gasteiger partial charge in [0.15, 0.2) is 0 Å². The van der Waals surface area contributed by atoms with Gasteiger partial charge < -0.3 is 15.5 Å². The molecule has 2 heterocycles. The Bertz CT molecular complexity index is 841. The lowest BCUT2D eigenvalue weighted by Gasteiger charge is -2.16. The Hall–Kier alpha value is -2.94. The highest BCUT2D eigenvalue weighted by atomic mass is 35.5. The lowest BCUT2D eigenvalue weighted by Crippen LogP contribution is -2.29. The number of aromatic nitrogens is 2. The van der Waals surface area contributed by atoms with Gasteiger partial charge in [0.05, 0.1) is 15.5 Å². The summed E-state index contributed by atoms with van der Waals surface area (Å²) < 4.78 is 0. The zero-order chi connectivity index (χ0) is 19.2. The van der Waals surface area contributed by atoms with E-state index in [1.165, 1.54) is 31.3 Å². The van der Waals surface area contributed by atoms with Crippen molar-refractivity contribution >= 4 is 34.8 Å². The highest BCUT2D eigenvalue weighted by Crippen LogP contribution is 2.22. The van der Waals surface area contributed by atoms with E-state index >= 15 is 0 Å². The number of carbonyl (C=O) groups excluding carboxylic acids is 1. The van der Waals surface area contributed by atoms with Gasteiger partial charge in [-0.25, -0.2) is 9.97 Å². The number of non-ortho nitro benzene ring substituents is 1. The largest absolute Gasteiger partial charge is 0.368 e. The third-order valence-corrected chi connectivity index (χ3v) is 4.52. The van der Waals surface area contributed by atoms with E-state index in [0.29, 0.717) is 18.9 Å². The molecule has 1 fully saturated rings. The summed E-state index contributed by atoms with van der Waals surface area (Å²) in [5.41, 5.74) is 0.0383. The Morgan fingerprint density at radius 3 is 2.70 bits per heavy atom. The van der Waals surface area contributed by atoms with E-state index in [1.54, 1.807) is 0 Å². The molecule has 2 aromatic rings. The predicted octanol–water partition coefficient (Wildman–Crippen LogP) is 2.48. The molecule has 0 saturated carbocycles. The maximum atomic E-state index is 12.2. The predicted molar refractivity (Wildman–Crippen MR) is 102 cm³/mol. The van der Waals surface area contributed by atoms with Crippen LogP contribution in [0, 0.1) is 10.1 Å². The van der Waals surface area contributed by atoms with Crippen LogP contribution in [0.4, 0.5) is 17.3 Å². The van der Waals surface area contributed by atoms with E-state index in [9.17, 15) is 14.9 Å². The Labute approximate surface area is 160 Å². The minimum atomic E-state index is -0.560. The molecular formula is C17H19ClN6O3. The number of hydrogen-bond acceptors (Lipinski definition) is 7. The minimum Gasteiger partial charge on any atom is -0.368 e. The molecule has 0 radical (unpaired) electrons.